The Morgan fingerprint density at radius 3 is 2.40 bits per heavy atom. The maximum absolute atomic E-state index is 12.5. The number of amides is 2. The number of hydrogen-bond donors (Lipinski definition) is 2. The van der Waals surface area contributed by atoms with Gasteiger partial charge in [0.1, 0.15) is 5.75 Å². The lowest BCUT2D eigenvalue weighted by Gasteiger charge is -2.12. The molecule has 25 heavy (non-hydrogen) atoms. The van der Waals surface area contributed by atoms with E-state index in [-0.39, 0.29) is 17.9 Å². The molecule has 2 N–H and O–H groups in total. The van der Waals surface area contributed by atoms with Gasteiger partial charge in [-0.05, 0) is 55.8 Å². The third-order valence-electron chi connectivity index (χ3n) is 3.80. The van der Waals surface area contributed by atoms with Crippen molar-refractivity contribution in [3.8, 4) is 5.75 Å². The van der Waals surface area contributed by atoms with Crippen LogP contribution >= 0.6 is 15.9 Å². The second-order valence-electron chi connectivity index (χ2n) is 5.66. The lowest BCUT2D eigenvalue weighted by atomic mass is 10.1. The van der Waals surface area contributed by atoms with E-state index >= 15 is 0 Å². The fourth-order valence-corrected chi connectivity index (χ4v) is 2.53. The highest BCUT2D eigenvalue weighted by Crippen LogP contribution is 2.24. The molecule has 5 nitrogen and oxygen atoms in total. The van der Waals surface area contributed by atoms with Crippen LogP contribution in [0.2, 0.25) is 0 Å². The van der Waals surface area contributed by atoms with Crippen molar-refractivity contribution >= 4 is 33.4 Å². The first-order valence-corrected chi connectivity index (χ1v) is 8.79. The molecule has 1 unspecified atom stereocenters. The number of methoxy groups -OCH3 is 1. The van der Waals surface area contributed by atoms with Crippen molar-refractivity contribution < 1.29 is 14.3 Å². The number of halogens is 1. The molecule has 0 aliphatic rings. The van der Waals surface area contributed by atoms with Gasteiger partial charge in [-0.1, -0.05) is 22.9 Å². The normalized spacial score (nSPS) is 11.5. The van der Waals surface area contributed by atoms with Crippen LogP contribution in [0, 0.1) is 0 Å². The molecule has 2 aromatic rings. The number of ether oxygens (including phenoxy) is 1. The van der Waals surface area contributed by atoms with Crippen LogP contribution in [0.15, 0.2) is 46.9 Å². The van der Waals surface area contributed by atoms with Crippen LogP contribution in [0.1, 0.15) is 41.0 Å². The fraction of sp³-hybridized carbons (Fsp3) is 0.263. The Morgan fingerprint density at radius 2 is 1.80 bits per heavy atom. The van der Waals surface area contributed by atoms with Crippen LogP contribution in [0.5, 0.6) is 5.75 Å². The van der Waals surface area contributed by atoms with Gasteiger partial charge in [-0.3, -0.25) is 9.59 Å². The number of carbonyl (C=O) groups excluding carboxylic acids is 2. The van der Waals surface area contributed by atoms with Crippen molar-refractivity contribution in [1.82, 2.24) is 5.32 Å². The van der Waals surface area contributed by atoms with E-state index in [1.165, 1.54) is 7.11 Å². The Morgan fingerprint density at radius 1 is 1.12 bits per heavy atom. The first-order valence-electron chi connectivity index (χ1n) is 8.00. The van der Waals surface area contributed by atoms with Gasteiger partial charge in [0.15, 0.2) is 0 Å². The van der Waals surface area contributed by atoms with Crippen molar-refractivity contribution in [3.05, 3.63) is 58.1 Å². The van der Waals surface area contributed by atoms with Crippen LogP contribution in [0.4, 0.5) is 5.69 Å². The van der Waals surface area contributed by atoms with E-state index in [0.29, 0.717) is 22.6 Å². The van der Waals surface area contributed by atoms with E-state index in [1.54, 1.807) is 42.5 Å². The molecule has 0 radical (unpaired) electrons. The van der Waals surface area contributed by atoms with Gasteiger partial charge in [0.05, 0.1) is 12.7 Å². The standard InChI is InChI=1S/C19H21BrN2O3/c1-4-12(2)21-18(23)13-5-8-15(9-6-13)22-19(24)16-11-14(20)7-10-17(16)25-3/h5-12H,4H2,1-3H3,(H,21,23)(H,22,24). The molecule has 2 amide bonds. The summed E-state index contributed by atoms with van der Waals surface area (Å²) in [4.78, 5) is 24.5. The molecular formula is C19H21BrN2O3. The maximum atomic E-state index is 12.5. The molecule has 2 rings (SSSR count). The van der Waals surface area contributed by atoms with E-state index in [2.05, 4.69) is 26.6 Å². The Hall–Kier alpha value is -2.34. The van der Waals surface area contributed by atoms with Gasteiger partial charge in [0.25, 0.3) is 11.8 Å². The van der Waals surface area contributed by atoms with Crippen LogP contribution in [-0.4, -0.2) is 25.0 Å². The molecule has 132 valence electrons. The van der Waals surface area contributed by atoms with Crippen LogP contribution in [0.25, 0.3) is 0 Å². The summed E-state index contributed by atoms with van der Waals surface area (Å²) in [6.07, 6.45) is 0.869. The largest absolute Gasteiger partial charge is 0.496 e. The van der Waals surface area contributed by atoms with Crippen molar-refractivity contribution in [3.63, 3.8) is 0 Å². The fourth-order valence-electron chi connectivity index (χ4n) is 2.17. The second kappa shape index (κ2) is 8.67. The molecular weight excluding hydrogens is 384 g/mol. The zero-order chi connectivity index (χ0) is 18.4. The number of carbonyl (C=O) groups is 2. The van der Waals surface area contributed by atoms with Crippen molar-refractivity contribution in [2.75, 3.05) is 12.4 Å². The summed E-state index contributed by atoms with van der Waals surface area (Å²) in [5.41, 5.74) is 1.58. The van der Waals surface area contributed by atoms with Gasteiger partial charge in [0.2, 0.25) is 0 Å². The maximum Gasteiger partial charge on any atom is 0.259 e. The van der Waals surface area contributed by atoms with Crippen LogP contribution < -0.4 is 15.4 Å². The number of hydrogen-bond acceptors (Lipinski definition) is 3. The average Bonchev–Trinajstić information content (AvgIpc) is 2.62. The van der Waals surface area contributed by atoms with Crippen LogP contribution in [-0.2, 0) is 0 Å². The molecule has 0 aliphatic carbocycles. The molecule has 0 aromatic heterocycles. The predicted molar refractivity (Wildman–Crippen MR) is 102 cm³/mol. The summed E-state index contributed by atoms with van der Waals surface area (Å²) in [7, 11) is 1.52. The predicted octanol–water partition coefficient (Wildman–Crippen LogP) is 4.24. The summed E-state index contributed by atoms with van der Waals surface area (Å²) < 4.78 is 6.01. The minimum atomic E-state index is -0.282. The highest BCUT2D eigenvalue weighted by Gasteiger charge is 2.14. The minimum Gasteiger partial charge on any atom is -0.496 e. The lowest BCUT2D eigenvalue weighted by Crippen LogP contribution is -2.31. The van der Waals surface area contributed by atoms with Crippen molar-refractivity contribution in [1.29, 1.82) is 0 Å². The molecule has 6 heteroatoms. The summed E-state index contributed by atoms with van der Waals surface area (Å²) in [6.45, 7) is 3.97. The zero-order valence-electron chi connectivity index (χ0n) is 14.4. The molecule has 1 atom stereocenters. The summed E-state index contributed by atoms with van der Waals surface area (Å²) in [5.74, 6) is 0.0843. The molecule has 2 aromatic carbocycles. The summed E-state index contributed by atoms with van der Waals surface area (Å²) in [5, 5.41) is 5.71. The van der Waals surface area contributed by atoms with E-state index in [4.69, 9.17) is 4.74 Å². The Bertz CT molecular complexity index is 760. The zero-order valence-corrected chi connectivity index (χ0v) is 16.0. The monoisotopic (exact) mass is 404 g/mol. The van der Waals surface area contributed by atoms with E-state index < -0.39 is 0 Å². The molecule has 0 saturated carbocycles. The molecule has 0 heterocycles. The van der Waals surface area contributed by atoms with Gasteiger partial charge in [0, 0.05) is 21.8 Å². The summed E-state index contributed by atoms with van der Waals surface area (Å²) in [6, 6.07) is 12.1. The first kappa shape index (κ1) is 19.0. The van der Waals surface area contributed by atoms with Crippen molar-refractivity contribution in [2.24, 2.45) is 0 Å². The first-order chi connectivity index (χ1) is 11.9. The van der Waals surface area contributed by atoms with Gasteiger partial charge in [-0.15, -0.1) is 0 Å². The molecule has 0 bridgehead atoms. The highest BCUT2D eigenvalue weighted by molar-refractivity contribution is 9.10. The Labute approximate surface area is 155 Å². The Kier molecular flexibility index (Phi) is 6.58. The van der Waals surface area contributed by atoms with Gasteiger partial charge in [-0.2, -0.15) is 0 Å². The van der Waals surface area contributed by atoms with E-state index in [0.717, 1.165) is 10.9 Å². The van der Waals surface area contributed by atoms with E-state index in [9.17, 15) is 9.59 Å². The minimum absolute atomic E-state index is 0.121. The molecule has 0 aliphatic heterocycles. The van der Waals surface area contributed by atoms with Crippen molar-refractivity contribution in [2.45, 2.75) is 26.3 Å². The second-order valence-corrected chi connectivity index (χ2v) is 6.57. The molecule has 0 saturated heterocycles. The van der Waals surface area contributed by atoms with Gasteiger partial charge >= 0.3 is 0 Å². The number of nitrogens with one attached hydrogen (secondary N) is 2. The SMILES string of the molecule is CCC(C)NC(=O)c1ccc(NC(=O)c2cc(Br)ccc2OC)cc1. The Balaban J connectivity index is 2.10. The smallest absolute Gasteiger partial charge is 0.259 e. The van der Waals surface area contributed by atoms with E-state index in [1.807, 2.05) is 13.8 Å². The third kappa shape index (κ3) is 5.06. The van der Waals surface area contributed by atoms with Gasteiger partial charge < -0.3 is 15.4 Å². The molecule has 0 fully saturated rings. The van der Waals surface area contributed by atoms with Gasteiger partial charge in [-0.25, -0.2) is 0 Å². The number of benzene rings is 2. The third-order valence-corrected chi connectivity index (χ3v) is 4.29. The summed E-state index contributed by atoms with van der Waals surface area (Å²) >= 11 is 3.35. The average molecular weight is 405 g/mol. The number of anilines is 1. The van der Waals surface area contributed by atoms with Crippen LogP contribution in [0.3, 0.4) is 0 Å². The molecule has 0 spiro atoms. The highest BCUT2D eigenvalue weighted by atomic mass is 79.9. The number of rotatable bonds is 6. The topological polar surface area (TPSA) is 67.4 Å². The quantitative estimate of drug-likeness (QED) is 0.756. The lowest BCUT2D eigenvalue weighted by molar-refractivity contribution is 0.0938.